The summed E-state index contributed by atoms with van der Waals surface area (Å²) in [7, 11) is 1.52. The maximum absolute atomic E-state index is 12.2. The molecule has 1 aromatic carbocycles. The Bertz CT molecular complexity index is 726. The summed E-state index contributed by atoms with van der Waals surface area (Å²) in [6, 6.07) is 9.75. The molecule has 26 heavy (non-hydrogen) atoms. The van der Waals surface area contributed by atoms with E-state index in [1.165, 1.54) is 7.05 Å². The lowest BCUT2D eigenvalue weighted by molar-refractivity contribution is -0.132. The summed E-state index contributed by atoms with van der Waals surface area (Å²) in [5, 5.41) is 10.2. The van der Waals surface area contributed by atoms with E-state index in [9.17, 15) is 13.2 Å². The molecule has 0 saturated heterocycles. The molecule has 0 unspecified atom stereocenters. The van der Waals surface area contributed by atoms with Crippen molar-refractivity contribution in [2.24, 2.45) is 4.99 Å². The van der Waals surface area contributed by atoms with Crippen molar-refractivity contribution in [3.05, 3.63) is 47.3 Å². The summed E-state index contributed by atoms with van der Waals surface area (Å²) in [6.07, 6.45) is -5.09. The molecule has 1 aromatic heterocycles. The highest BCUT2D eigenvalue weighted by Crippen LogP contribution is 2.19. The number of benzene rings is 1. The molecule has 0 aliphatic heterocycles. The average molecular weight is 481 g/mol. The summed E-state index contributed by atoms with van der Waals surface area (Å²) in [5.74, 6) is 0.329. The lowest BCUT2D eigenvalue weighted by atomic mass is 10.2. The second kappa shape index (κ2) is 9.79. The zero-order valence-corrected chi connectivity index (χ0v) is 17.2. The number of hydrogen-bond donors (Lipinski definition) is 2. The van der Waals surface area contributed by atoms with Crippen LogP contribution < -0.4 is 10.6 Å². The molecule has 5 nitrogen and oxygen atoms in total. The first-order valence-corrected chi connectivity index (χ1v) is 7.93. The molecule has 0 bridgehead atoms. The smallest absolute Gasteiger partial charge is 0.356 e. The maximum Gasteiger partial charge on any atom is 0.390 e. The second-order valence-corrected chi connectivity index (χ2v) is 5.61. The number of halogens is 4. The Morgan fingerprint density at radius 2 is 1.81 bits per heavy atom. The third-order valence-corrected chi connectivity index (χ3v) is 3.80. The number of aryl methyl sites for hydroxylation is 1. The highest BCUT2D eigenvalue weighted by molar-refractivity contribution is 14.0. The molecule has 9 heteroatoms. The molecular formula is C17H23F3IN5. The molecule has 1 heterocycles. The van der Waals surface area contributed by atoms with Gasteiger partial charge in [-0.15, -0.1) is 24.0 Å². The standard InChI is InChI=1S/C17H22F3N5.HI/c1-12-15(11-23-16(21-3)22-10-9-17(18,19)20)13(2)25(24-12)14-7-5-4-6-8-14;/h4-8H,9-11H2,1-3H3,(H2,21,22,23);1H. The summed E-state index contributed by atoms with van der Waals surface area (Å²) in [5.41, 5.74) is 3.78. The zero-order chi connectivity index (χ0) is 18.4. The largest absolute Gasteiger partial charge is 0.390 e. The molecular weight excluding hydrogens is 458 g/mol. The molecule has 0 aliphatic carbocycles. The van der Waals surface area contributed by atoms with Crippen molar-refractivity contribution in [3.8, 4) is 5.69 Å². The quantitative estimate of drug-likeness (QED) is 0.389. The monoisotopic (exact) mass is 481 g/mol. The molecule has 2 N–H and O–H groups in total. The molecule has 0 saturated carbocycles. The van der Waals surface area contributed by atoms with Gasteiger partial charge in [0.25, 0.3) is 0 Å². The van der Waals surface area contributed by atoms with Crippen molar-refractivity contribution in [2.45, 2.75) is 33.0 Å². The van der Waals surface area contributed by atoms with E-state index >= 15 is 0 Å². The van der Waals surface area contributed by atoms with Crippen molar-refractivity contribution in [2.75, 3.05) is 13.6 Å². The van der Waals surface area contributed by atoms with E-state index in [0.717, 1.165) is 22.6 Å². The minimum atomic E-state index is -4.18. The molecule has 0 fully saturated rings. The van der Waals surface area contributed by atoms with Crippen LogP contribution in [-0.4, -0.2) is 35.5 Å². The summed E-state index contributed by atoms with van der Waals surface area (Å²) in [4.78, 5) is 3.95. The van der Waals surface area contributed by atoms with Crippen LogP contribution in [0.3, 0.4) is 0 Å². The van der Waals surface area contributed by atoms with Crippen LogP contribution in [0.25, 0.3) is 5.69 Å². The first kappa shape index (κ1) is 22.3. The van der Waals surface area contributed by atoms with Crippen LogP contribution >= 0.6 is 24.0 Å². The van der Waals surface area contributed by atoms with Gasteiger partial charge in [0.05, 0.1) is 17.8 Å². The molecule has 0 atom stereocenters. The molecule has 2 rings (SSSR count). The Morgan fingerprint density at radius 1 is 1.15 bits per heavy atom. The number of rotatable bonds is 5. The molecule has 0 spiro atoms. The second-order valence-electron chi connectivity index (χ2n) is 5.61. The van der Waals surface area contributed by atoms with E-state index in [4.69, 9.17) is 0 Å². The van der Waals surface area contributed by atoms with Gasteiger partial charge < -0.3 is 10.6 Å². The van der Waals surface area contributed by atoms with E-state index in [-0.39, 0.29) is 30.5 Å². The zero-order valence-electron chi connectivity index (χ0n) is 14.9. The van der Waals surface area contributed by atoms with Crippen LogP contribution in [0.5, 0.6) is 0 Å². The van der Waals surface area contributed by atoms with Crippen molar-refractivity contribution in [1.82, 2.24) is 20.4 Å². The Hall–Kier alpha value is -1.78. The number of guanidine groups is 1. The van der Waals surface area contributed by atoms with Gasteiger partial charge in [-0.3, -0.25) is 4.99 Å². The minimum Gasteiger partial charge on any atom is -0.356 e. The first-order valence-electron chi connectivity index (χ1n) is 7.93. The van der Waals surface area contributed by atoms with Crippen LogP contribution in [0, 0.1) is 13.8 Å². The van der Waals surface area contributed by atoms with E-state index in [0.29, 0.717) is 12.5 Å². The van der Waals surface area contributed by atoms with Gasteiger partial charge in [-0.05, 0) is 26.0 Å². The number of aromatic nitrogens is 2. The van der Waals surface area contributed by atoms with Crippen LogP contribution in [0.1, 0.15) is 23.4 Å². The topological polar surface area (TPSA) is 54.2 Å². The van der Waals surface area contributed by atoms with E-state index < -0.39 is 12.6 Å². The van der Waals surface area contributed by atoms with Crippen LogP contribution in [0.4, 0.5) is 13.2 Å². The van der Waals surface area contributed by atoms with E-state index in [2.05, 4.69) is 20.7 Å². The maximum atomic E-state index is 12.2. The van der Waals surface area contributed by atoms with Gasteiger partial charge in [-0.2, -0.15) is 18.3 Å². The van der Waals surface area contributed by atoms with Crippen LogP contribution in [0.2, 0.25) is 0 Å². The number of aliphatic imine (C=N–C) groups is 1. The third-order valence-electron chi connectivity index (χ3n) is 3.80. The van der Waals surface area contributed by atoms with Gasteiger partial charge in [-0.1, -0.05) is 18.2 Å². The van der Waals surface area contributed by atoms with Gasteiger partial charge >= 0.3 is 6.18 Å². The lowest BCUT2D eigenvalue weighted by Gasteiger charge is -2.13. The Balaban J connectivity index is 0.00000338. The highest BCUT2D eigenvalue weighted by atomic mass is 127. The average Bonchev–Trinajstić information content (AvgIpc) is 2.85. The third kappa shape index (κ3) is 6.19. The number of para-hydroxylation sites is 1. The fourth-order valence-corrected chi connectivity index (χ4v) is 2.47. The first-order chi connectivity index (χ1) is 11.8. The molecule has 0 aliphatic rings. The SMILES string of the molecule is CN=C(NCCC(F)(F)F)NCc1c(C)nn(-c2ccccc2)c1C.I. The van der Waals surface area contributed by atoms with E-state index in [1.807, 2.05) is 48.9 Å². The highest BCUT2D eigenvalue weighted by Gasteiger charge is 2.26. The van der Waals surface area contributed by atoms with Crippen molar-refractivity contribution in [3.63, 3.8) is 0 Å². The fourth-order valence-electron chi connectivity index (χ4n) is 2.47. The Labute approximate surface area is 168 Å². The summed E-state index contributed by atoms with van der Waals surface area (Å²) in [6.45, 7) is 4.08. The fraction of sp³-hybridized carbons (Fsp3) is 0.412. The molecule has 0 radical (unpaired) electrons. The van der Waals surface area contributed by atoms with Gasteiger partial charge in [0.2, 0.25) is 0 Å². The number of hydrogen-bond acceptors (Lipinski definition) is 2. The Kier molecular flexibility index (Phi) is 8.38. The summed E-state index contributed by atoms with van der Waals surface area (Å²) >= 11 is 0. The normalized spacial score (nSPS) is 11.8. The van der Waals surface area contributed by atoms with Crippen molar-refractivity contribution >= 4 is 29.9 Å². The van der Waals surface area contributed by atoms with E-state index in [1.54, 1.807) is 0 Å². The number of nitrogens with one attached hydrogen (secondary N) is 2. The van der Waals surface area contributed by atoms with Crippen LogP contribution in [0.15, 0.2) is 35.3 Å². The molecule has 144 valence electrons. The number of alkyl halides is 3. The molecule has 2 aromatic rings. The minimum absolute atomic E-state index is 0. The van der Waals surface area contributed by atoms with Crippen LogP contribution in [-0.2, 0) is 6.54 Å². The molecule has 0 amide bonds. The lowest BCUT2D eigenvalue weighted by Crippen LogP contribution is -2.38. The predicted octanol–water partition coefficient (Wildman–Crippen LogP) is 3.72. The van der Waals surface area contributed by atoms with Crippen molar-refractivity contribution < 1.29 is 13.2 Å². The Morgan fingerprint density at radius 3 is 2.38 bits per heavy atom. The van der Waals surface area contributed by atoms with Gasteiger partial charge in [0.1, 0.15) is 0 Å². The van der Waals surface area contributed by atoms with Gasteiger partial charge in [0, 0.05) is 31.4 Å². The van der Waals surface area contributed by atoms with Crippen molar-refractivity contribution in [1.29, 1.82) is 0 Å². The van der Waals surface area contributed by atoms with Gasteiger partial charge in [0.15, 0.2) is 5.96 Å². The number of nitrogens with zero attached hydrogens (tertiary/aromatic N) is 3. The predicted molar refractivity (Wildman–Crippen MR) is 107 cm³/mol. The summed E-state index contributed by atoms with van der Waals surface area (Å²) < 4.78 is 38.5. The van der Waals surface area contributed by atoms with Gasteiger partial charge in [-0.25, -0.2) is 4.68 Å².